The monoisotopic (exact) mass is 384 g/mol. The van der Waals surface area contributed by atoms with Crippen molar-refractivity contribution in [1.82, 2.24) is 0 Å². The van der Waals surface area contributed by atoms with Crippen LogP contribution in [0.1, 0.15) is 96.8 Å². The Bertz CT molecular complexity index is 419. The van der Waals surface area contributed by atoms with E-state index in [1.165, 1.54) is 12.8 Å². The summed E-state index contributed by atoms with van der Waals surface area (Å²) in [6.07, 6.45) is 13.6. The number of carbonyl (C=O) groups is 1. The number of ether oxygens (including phenoxy) is 2. The van der Waals surface area contributed by atoms with Crippen LogP contribution < -0.4 is 0 Å². The average molecular weight is 385 g/mol. The fourth-order valence-corrected chi connectivity index (χ4v) is 4.94. The predicted molar refractivity (Wildman–Crippen MR) is 106 cm³/mol. The van der Waals surface area contributed by atoms with Gasteiger partial charge in [-0.3, -0.25) is 4.79 Å². The molecule has 2 fully saturated rings. The van der Waals surface area contributed by atoms with Crippen molar-refractivity contribution in [2.75, 3.05) is 13.2 Å². The summed E-state index contributed by atoms with van der Waals surface area (Å²) in [5.74, 6) is -0.0841. The van der Waals surface area contributed by atoms with E-state index in [4.69, 9.17) is 14.6 Å². The number of hydrogen-bond donors (Lipinski definition) is 2. The van der Waals surface area contributed by atoms with E-state index in [9.17, 15) is 9.90 Å². The molecule has 27 heavy (non-hydrogen) atoms. The molecule has 3 atom stereocenters. The maximum absolute atomic E-state index is 10.6. The fourth-order valence-electron chi connectivity index (χ4n) is 4.94. The Labute approximate surface area is 164 Å². The molecule has 0 amide bonds. The number of aliphatic hydroxyl groups is 1. The zero-order chi connectivity index (χ0) is 19.5. The highest BCUT2D eigenvalue weighted by Gasteiger charge is 2.51. The van der Waals surface area contributed by atoms with E-state index in [0.29, 0.717) is 25.0 Å². The minimum Gasteiger partial charge on any atom is -0.481 e. The van der Waals surface area contributed by atoms with Crippen LogP contribution in [0.15, 0.2) is 0 Å². The van der Waals surface area contributed by atoms with Gasteiger partial charge in [-0.25, -0.2) is 0 Å². The lowest BCUT2D eigenvalue weighted by Gasteiger charge is -2.32. The van der Waals surface area contributed by atoms with Crippen molar-refractivity contribution in [1.29, 1.82) is 0 Å². The Balaban J connectivity index is 1.76. The Morgan fingerprint density at radius 3 is 2.48 bits per heavy atom. The number of carboxylic acid groups (broad SMARTS) is 1. The normalized spacial score (nSPS) is 25.3. The molecular weight excluding hydrogens is 344 g/mol. The van der Waals surface area contributed by atoms with Crippen LogP contribution in [-0.2, 0) is 14.3 Å². The summed E-state index contributed by atoms with van der Waals surface area (Å²) >= 11 is 0. The molecule has 1 aliphatic carbocycles. The molecule has 2 N–H and O–H groups in total. The molecule has 0 bridgehead atoms. The summed E-state index contributed by atoms with van der Waals surface area (Å²) in [6.45, 7) is 3.58. The average Bonchev–Trinajstić information content (AvgIpc) is 3.24. The van der Waals surface area contributed by atoms with E-state index < -0.39 is 5.97 Å². The minimum atomic E-state index is -0.699. The second-order valence-corrected chi connectivity index (χ2v) is 8.49. The first-order valence-corrected chi connectivity index (χ1v) is 11.2. The zero-order valence-corrected chi connectivity index (χ0v) is 17.2. The molecule has 1 saturated heterocycles. The topological polar surface area (TPSA) is 76.0 Å². The first-order chi connectivity index (χ1) is 13.1. The molecule has 0 aromatic heterocycles. The van der Waals surface area contributed by atoms with Crippen molar-refractivity contribution in [3.8, 4) is 0 Å². The van der Waals surface area contributed by atoms with Gasteiger partial charge >= 0.3 is 5.97 Å². The van der Waals surface area contributed by atoms with Gasteiger partial charge in [-0.1, -0.05) is 45.4 Å². The van der Waals surface area contributed by atoms with Gasteiger partial charge in [0.15, 0.2) is 5.79 Å². The summed E-state index contributed by atoms with van der Waals surface area (Å²) in [5.41, 5.74) is 0. The van der Waals surface area contributed by atoms with E-state index in [1.807, 2.05) is 0 Å². The largest absolute Gasteiger partial charge is 0.481 e. The predicted octanol–water partition coefficient (Wildman–Crippen LogP) is 4.90. The third-order valence-corrected chi connectivity index (χ3v) is 6.44. The van der Waals surface area contributed by atoms with Crippen molar-refractivity contribution in [2.24, 2.45) is 11.8 Å². The van der Waals surface area contributed by atoms with Crippen LogP contribution in [0.2, 0.25) is 0 Å². The lowest BCUT2D eigenvalue weighted by molar-refractivity contribution is -0.188. The van der Waals surface area contributed by atoms with E-state index in [2.05, 4.69) is 6.92 Å². The fraction of sp³-hybridized carbons (Fsp3) is 0.955. The van der Waals surface area contributed by atoms with E-state index >= 15 is 0 Å². The number of aliphatic carboxylic acids is 1. The SMILES string of the molecule is CCCCC[C@H](O)CC[C@H]1CCC2(OCCO2)[C@@H]1CCCCCCC(=O)O. The summed E-state index contributed by atoms with van der Waals surface area (Å²) in [5, 5.41) is 19.0. The van der Waals surface area contributed by atoms with E-state index in [1.54, 1.807) is 0 Å². The van der Waals surface area contributed by atoms with Crippen LogP contribution in [0.5, 0.6) is 0 Å². The molecule has 5 nitrogen and oxygen atoms in total. The molecule has 2 aliphatic rings. The third-order valence-electron chi connectivity index (χ3n) is 6.44. The zero-order valence-electron chi connectivity index (χ0n) is 17.2. The second-order valence-electron chi connectivity index (χ2n) is 8.49. The van der Waals surface area contributed by atoms with Crippen LogP contribution in [0.4, 0.5) is 0 Å². The van der Waals surface area contributed by atoms with Crippen molar-refractivity contribution in [3.05, 3.63) is 0 Å². The Hall–Kier alpha value is -0.650. The third kappa shape index (κ3) is 7.35. The molecular formula is C22H40O5. The molecule has 158 valence electrons. The van der Waals surface area contributed by atoms with Crippen molar-refractivity contribution < 1.29 is 24.5 Å². The number of rotatable bonds is 14. The maximum atomic E-state index is 10.6. The number of unbranched alkanes of at least 4 members (excludes halogenated alkanes) is 5. The smallest absolute Gasteiger partial charge is 0.303 e. The van der Waals surface area contributed by atoms with Gasteiger partial charge in [-0.05, 0) is 44.4 Å². The molecule has 0 aromatic rings. The van der Waals surface area contributed by atoms with Crippen molar-refractivity contribution in [3.63, 3.8) is 0 Å². The van der Waals surface area contributed by atoms with Gasteiger partial charge < -0.3 is 19.7 Å². The standard InChI is InChI=1S/C22H40O5/c1-2-3-6-9-19(23)13-12-18-14-15-22(26-16-17-27-22)20(18)10-7-4-5-8-11-21(24)25/h18-20,23H,2-17H2,1H3,(H,24,25)/t18-,19-,20+/m0/s1. The van der Waals surface area contributed by atoms with Gasteiger partial charge in [-0.2, -0.15) is 0 Å². The van der Waals surface area contributed by atoms with Crippen LogP contribution in [-0.4, -0.2) is 41.3 Å². The summed E-state index contributed by atoms with van der Waals surface area (Å²) < 4.78 is 12.2. The first kappa shape index (κ1) is 22.6. The number of carboxylic acids is 1. The summed E-state index contributed by atoms with van der Waals surface area (Å²) in [4.78, 5) is 10.6. The van der Waals surface area contributed by atoms with Gasteiger partial charge in [0.05, 0.1) is 19.3 Å². The molecule has 0 unspecified atom stereocenters. The second kappa shape index (κ2) is 12.0. The highest BCUT2D eigenvalue weighted by atomic mass is 16.7. The summed E-state index contributed by atoms with van der Waals surface area (Å²) in [6, 6.07) is 0. The van der Waals surface area contributed by atoms with Crippen LogP contribution >= 0.6 is 0 Å². The summed E-state index contributed by atoms with van der Waals surface area (Å²) in [7, 11) is 0. The molecule has 0 aromatic carbocycles. The lowest BCUT2D eigenvalue weighted by Crippen LogP contribution is -2.36. The molecule has 1 spiro atoms. The first-order valence-electron chi connectivity index (χ1n) is 11.2. The van der Waals surface area contributed by atoms with Gasteiger partial charge in [0.1, 0.15) is 0 Å². The van der Waals surface area contributed by atoms with E-state index in [0.717, 1.165) is 70.6 Å². The van der Waals surface area contributed by atoms with Crippen molar-refractivity contribution >= 4 is 5.97 Å². The molecule has 1 heterocycles. The molecule has 1 aliphatic heterocycles. The van der Waals surface area contributed by atoms with Gasteiger partial charge in [0.25, 0.3) is 0 Å². The Morgan fingerprint density at radius 1 is 1.04 bits per heavy atom. The van der Waals surface area contributed by atoms with Crippen LogP contribution in [0.3, 0.4) is 0 Å². The Kier molecular flexibility index (Phi) is 10.1. The maximum Gasteiger partial charge on any atom is 0.303 e. The van der Waals surface area contributed by atoms with Gasteiger partial charge in [0, 0.05) is 18.8 Å². The molecule has 5 heteroatoms. The molecule has 2 rings (SSSR count). The molecule has 1 saturated carbocycles. The van der Waals surface area contributed by atoms with Crippen molar-refractivity contribution in [2.45, 2.75) is 109 Å². The van der Waals surface area contributed by atoms with Crippen LogP contribution in [0.25, 0.3) is 0 Å². The number of aliphatic hydroxyl groups excluding tert-OH is 1. The van der Waals surface area contributed by atoms with Gasteiger partial charge in [0.2, 0.25) is 0 Å². The lowest BCUT2D eigenvalue weighted by atomic mass is 9.84. The van der Waals surface area contributed by atoms with Crippen LogP contribution in [0, 0.1) is 11.8 Å². The molecule has 0 radical (unpaired) electrons. The van der Waals surface area contributed by atoms with Gasteiger partial charge in [-0.15, -0.1) is 0 Å². The minimum absolute atomic E-state index is 0.171. The number of hydrogen-bond acceptors (Lipinski definition) is 4. The van der Waals surface area contributed by atoms with E-state index in [-0.39, 0.29) is 18.3 Å². The Morgan fingerprint density at radius 2 is 1.78 bits per heavy atom. The highest BCUT2D eigenvalue weighted by molar-refractivity contribution is 5.66. The highest BCUT2D eigenvalue weighted by Crippen LogP contribution is 2.49. The quantitative estimate of drug-likeness (QED) is 0.417.